The summed E-state index contributed by atoms with van der Waals surface area (Å²) in [6.07, 6.45) is 8.23. The van der Waals surface area contributed by atoms with Crippen molar-refractivity contribution >= 4 is 22.7 Å². The minimum Gasteiger partial charge on any atom is -0.297 e. The first-order chi connectivity index (χ1) is 8.01. The molecule has 1 aliphatic heterocycles. The largest absolute Gasteiger partial charge is 0.297 e. The van der Waals surface area contributed by atoms with Gasteiger partial charge in [-0.3, -0.25) is 9.59 Å². The summed E-state index contributed by atoms with van der Waals surface area (Å²) >= 11 is 1.26. The molecule has 3 heteroatoms. The Balaban J connectivity index is 2.27. The van der Waals surface area contributed by atoms with E-state index >= 15 is 0 Å². The van der Waals surface area contributed by atoms with E-state index in [1.807, 2.05) is 6.92 Å². The lowest BCUT2D eigenvalue weighted by molar-refractivity contribution is -0.127. The summed E-state index contributed by atoms with van der Waals surface area (Å²) in [7, 11) is 0. The van der Waals surface area contributed by atoms with Crippen LogP contribution >= 0.6 is 11.8 Å². The molecule has 0 aromatic heterocycles. The maximum atomic E-state index is 12.0. The number of Topliss-reactive ketones (excluding diaryl/α,β-unsaturated/α-hetero) is 1. The van der Waals surface area contributed by atoms with Crippen molar-refractivity contribution in [3.8, 4) is 0 Å². The first-order valence-electron chi connectivity index (χ1n) is 6.78. The fourth-order valence-electron chi connectivity index (χ4n) is 2.34. The van der Waals surface area contributed by atoms with Crippen molar-refractivity contribution in [2.75, 3.05) is 0 Å². The van der Waals surface area contributed by atoms with Gasteiger partial charge in [0.05, 0.1) is 10.7 Å². The third kappa shape index (κ3) is 3.84. The number of unbranched alkanes of at least 4 members (excludes halogenated alkanes) is 5. The molecule has 98 valence electrons. The highest BCUT2D eigenvalue weighted by Gasteiger charge is 2.47. The zero-order valence-electron chi connectivity index (χ0n) is 11.3. The number of hydrogen-bond acceptors (Lipinski definition) is 3. The van der Waals surface area contributed by atoms with E-state index in [0.717, 1.165) is 12.8 Å². The summed E-state index contributed by atoms with van der Waals surface area (Å²) < 4.78 is -0.429. The SMILES string of the molecule is CCCCCCCCC1(C)SC(=O)C(C)C1=O. The van der Waals surface area contributed by atoms with E-state index in [2.05, 4.69) is 6.92 Å². The molecule has 1 heterocycles. The number of hydrogen-bond donors (Lipinski definition) is 0. The molecule has 2 nitrogen and oxygen atoms in total. The second-order valence-corrected chi connectivity index (χ2v) is 6.76. The lowest BCUT2D eigenvalue weighted by atomic mass is 9.91. The lowest BCUT2D eigenvalue weighted by Crippen LogP contribution is -2.29. The Morgan fingerprint density at radius 3 is 2.24 bits per heavy atom. The molecule has 17 heavy (non-hydrogen) atoms. The van der Waals surface area contributed by atoms with Crippen LogP contribution in [-0.2, 0) is 9.59 Å². The predicted octanol–water partition coefficient (Wildman–Crippen LogP) is 3.97. The van der Waals surface area contributed by atoms with E-state index in [4.69, 9.17) is 0 Å². The van der Waals surface area contributed by atoms with E-state index in [-0.39, 0.29) is 16.8 Å². The Labute approximate surface area is 109 Å². The Kier molecular flexibility index (Phi) is 5.71. The molecule has 1 saturated heterocycles. The highest BCUT2D eigenvalue weighted by Crippen LogP contribution is 2.42. The Morgan fingerprint density at radius 1 is 1.12 bits per heavy atom. The molecule has 0 bridgehead atoms. The summed E-state index contributed by atoms with van der Waals surface area (Å²) in [5, 5.41) is 0.0588. The molecule has 0 aromatic carbocycles. The standard InChI is InChI=1S/C14H24O2S/c1-4-5-6-7-8-9-10-14(3)12(15)11(2)13(16)17-14/h11H,4-10H2,1-3H3. The van der Waals surface area contributed by atoms with Crippen LogP contribution in [-0.4, -0.2) is 15.6 Å². The number of ketones is 1. The molecular formula is C14H24O2S. The Morgan fingerprint density at radius 2 is 1.71 bits per heavy atom. The van der Waals surface area contributed by atoms with Crippen molar-refractivity contribution in [3.05, 3.63) is 0 Å². The highest BCUT2D eigenvalue weighted by molar-refractivity contribution is 8.16. The first kappa shape index (κ1) is 14.7. The average Bonchev–Trinajstić information content (AvgIpc) is 2.48. The normalized spacial score (nSPS) is 29.0. The van der Waals surface area contributed by atoms with Crippen LogP contribution in [0.1, 0.15) is 65.7 Å². The van der Waals surface area contributed by atoms with Crippen LogP contribution in [0.5, 0.6) is 0 Å². The summed E-state index contributed by atoms with van der Waals surface area (Å²) in [4.78, 5) is 23.5. The molecule has 0 radical (unpaired) electrons. The monoisotopic (exact) mass is 256 g/mol. The maximum absolute atomic E-state index is 12.0. The maximum Gasteiger partial charge on any atom is 0.200 e. The quantitative estimate of drug-likeness (QED) is 0.510. The van der Waals surface area contributed by atoms with Crippen molar-refractivity contribution in [1.82, 2.24) is 0 Å². The summed E-state index contributed by atoms with van der Waals surface area (Å²) in [5.41, 5.74) is 0. The van der Waals surface area contributed by atoms with Crippen molar-refractivity contribution in [3.63, 3.8) is 0 Å². The minimum atomic E-state index is -0.429. The van der Waals surface area contributed by atoms with Gasteiger partial charge in [0.25, 0.3) is 0 Å². The fourth-order valence-corrected chi connectivity index (χ4v) is 3.59. The van der Waals surface area contributed by atoms with Crippen LogP contribution in [0.2, 0.25) is 0 Å². The summed E-state index contributed by atoms with van der Waals surface area (Å²) in [6.45, 7) is 5.89. The number of rotatable bonds is 7. The molecule has 2 atom stereocenters. The number of carbonyl (C=O) groups is 2. The van der Waals surface area contributed by atoms with Gasteiger partial charge in [0.1, 0.15) is 0 Å². The molecule has 0 spiro atoms. The third-order valence-corrected chi connectivity index (χ3v) is 5.01. The van der Waals surface area contributed by atoms with Gasteiger partial charge in [0.2, 0.25) is 0 Å². The van der Waals surface area contributed by atoms with E-state index < -0.39 is 4.75 Å². The molecule has 1 fully saturated rings. The molecule has 1 aliphatic rings. The summed E-state index contributed by atoms with van der Waals surface area (Å²) in [5.74, 6) is -0.244. The van der Waals surface area contributed by atoms with Crippen molar-refractivity contribution in [2.24, 2.45) is 5.92 Å². The van der Waals surface area contributed by atoms with E-state index in [0.29, 0.717) is 0 Å². The third-order valence-electron chi connectivity index (χ3n) is 3.60. The van der Waals surface area contributed by atoms with Gasteiger partial charge in [-0.2, -0.15) is 0 Å². The van der Waals surface area contributed by atoms with Crippen LogP contribution in [0.15, 0.2) is 0 Å². The second-order valence-electron chi connectivity index (χ2n) is 5.26. The Hall–Kier alpha value is -0.310. The number of carbonyl (C=O) groups excluding carboxylic acids is 2. The van der Waals surface area contributed by atoms with Gasteiger partial charge < -0.3 is 0 Å². The van der Waals surface area contributed by atoms with Crippen molar-refractivity contribution < 1.29 is 9.59 Å². The van der Waals surface area contributed by atoms with Crippen LogP contribution in [0.3, 0.4) is 0 Å². The van der Waals surface area contributed by atoms with Gasteiger partial charge in [-0.05, 0) is 20.3 Å². The molecule has 0 aliphatic carbocycles. The smallest absolute Gasteiger partial charge is 0.200 e. The van der Waals surface area contributed by atoms with Crippen LogP contribution < -0.4 is 0 Å². The zero-order chi connectivity index (χ0) is 12.9. The van der Waals surface area contributed by atoms with E-state index in [1.54, 1.807) is 6.92 Å². The fraction of sp³-hybridized carbons (Fsp3) is 0.857. The topological polar surface area (TPSA) is 34.1 Å². The molecule has 1 rings (SSSR count). The van der Waals surface area contributed by atoms with Gasteiger partial charge in [0.15, 0.2) is 10.9 Å². The van der Waals surface area contributed by atoms with Gasteiger partial charge in [0, 0.05) is 0 Å². The van der Waals surface area contributed by atoms with Crippen LogP contribution in [0, 0.1) is 5.92 Å². The van der Waals surface area contributed by atoms with Gasteiger partial charge in [-0.15, -0.1) is 0 Å². The molecule has 2 unspecified atom stereocenters. The van der Waals surface area contributed by atoms with E-state index in [1.165, 1.54) is 43.9 Å². The molecule has 0 amide bonds. The van der Waals surface area contributed by atoms with Crippen LogP contribution in [0.4, 0.5) is 0 Å². The van der Waals surface area contributed by atoms with Gasteiger partial charge >= 0.3 is 0 Å². The van der Waals surface area contributed by atoms with Gasteiger partial charge in [-0.1, -0.05) is 57.2 Å². The molecule has 0 saturated carbocycles. The van der Waals surface area contributed by atoms with E-state index in [9.17, 15) is 9.59 Å². The molecule has 0 aromatic rings. The van der Waals surface area contributed by atoms with Crippen molar-refractivity contribution in [2.45, 2.75) is 70.5 Å². The van der Waals surface area contributed by atoms with Gasteiger partial charge in [-0.25, -0.2) is 0 Å². The average molecular weight is 256 g/mol. The molecular weight excluding hydrogens is 232 g/mol. The number of thioether (sulfide) groups is 1. The van der Waals surface area contributed by atoms with Crippen molar-refractivity contribution in [1.29, 1.82) is 0 Å². The highest BCUT2D eigenvalue weighted by atomic mass is 32.2. The lowest BCUT2D eigenvalue weighted by Gasteiger charge is -2.19. The Bertz CT molecular complexity index is 288. The summed E-state index contributed by atoms with van der Waals surface area (Å²) in [6, 6.07) is 0. The molecule has 0 N–H and O–H groups in total. The first-order valence-corrected chi connectivity index (χ1v) is 7.60. The van der Waals surface area contributed by atoms with Crippen LogP contribution in [0.25, 0.3) is 0 Å². The minimum absolute atomic E-state index is 0.0588. The predicted molar refractivity (Wildman–Crippen MR) is 73.2 cm³/mol. The second kappa shape index (κ2) is 6.58. The zero-order valence-corrected chi connectivity index (χ0v) is 12.1.